The van der Waals surface area contributed by atoms with E-state index in [0.29, 0.717) is 10.8 Å². The molecule has 2 rings (SSSR count). The lowest BCUT2D eigenvalue weighted by Crippen LogP contribution is -2.17. The van der Waals surface area contributed by atoms with Gasteiger partial charge in [0.05, 0.1) is 0 Å². The molecule has 1 heterocycles. The van der Waals surface area contributed by atoms with E-state index in [9.17, 15) is 9.59 Å². The highest BCUT2D eigenvalue weighted by Gasteiger charge is 2.12. The molecule has 0 aliphatic heterocycles. The molecule has 2 aromatic rings. The van der Waals surface area contributed by atoms with Crippen LogP contribution in [0.2, 0.25) is 0 Å². The maximum absolute atomic E-state index is 11.2. The molecule has 0 saturated heterocycles. The molecule has 0 radical (unpaired) electrons. The van der Waals surface area contributed by atoms with Gasteiger partial charge in [-0.05, 0) is 5.39 Å². The minimum Gasteiger partial charge on any atom is -0.477 e. The first-order chi connectivity index (χ1) is 6.70. The van der Waals surface area contributed by atoms with Crippen molar-refractivity contribution in [1.29, 1.82) is 0 Å². The van der Waals surface area contributed by atoms with Crippen LogP contribution in [-0.4, -0.2) is 16.1 Å². The van der Waals surface area contributed by atoms with Gasteiger partial charge in [0.25, 0.3) is 5.56 Å². The molecule has 0 fully saturated rings. The number of aromatic amines is 1. The van der Waals surface area contributed by atoms with Crippen LogP contribution < -0.4 is 5.56 Å². The Morgan fingerprint density at radius 2 is 2.00 bits per heavy atom. The number of aromatic nitrogens is 1. The Balaban J connectivity index is 2.97. The fourth-order valence-corrected chi connectivity index (χ4v) is 1.40. The number of fused-ring (bicyclic) bond motifs is 1. The second kappa shape index (κ2) is 2.99. The van der Waals surface area contributed by atoms with Crippen molar-refractivity contribution in [2.24, 2.45) is 0 Å². The molecular formula is C10H7NO3. The summed E-state index contributed by atoms with van der Waals surface area (Å²) >= 11 is 0. The van der Waals surface area contributed by atoms with Gasteiger partial charge in [-0.1, -0.05) is 24.3 Å². The maximum Gasteiger partial charge on any atom is 0.341 e. The number of hydrogen-bond acceptors (Lipinski definition) is 2. The Morgan fingerprint density at radius 1 is 1.29 bits per heavy atom. The zero-order valence-electron chi connectivity index (χ0n) is 7.15. The van der Waals surface area contributed by atoms with Crippen LogP contribution in [0.15, 0.2) is 35.3 Å². The van der Waals surface area contributed by atoms with Gasteiger partial charge < -0.3 is 10.1 Å². The van der Waals surface area contributed by atoms with Crippen molar-refractivity contribution < 1.29 is 9.90 Å². The topological polar surface area (TPSA) is 70.2 Å². The van der Waals surface area contributed by atoms with Crippen molar-refractivity contribution in [1.82, 2.24) is 4.98 Å². The third-order valence-electron chi connectivity index (χ3n) is 2.03. The molecule has 0 aliphatic rings. The molecule has 2 N–H and O–H groups in total. The Labute approximate surface area is 78.8 Å². The fourth-order valence-electron chi connectivity index (χ4n) is 1.40. The van der Waals surface area contributed by atoms with E-state index in [-0.39, 0.29) is 5.56 Å². The van der Waals surface area contributed by atoms with Crippen molar-refractivity contribution in [3.05, 3.63) is 46.4 Å². The van der Waals surface area contributed by atoms with Crippen molar-refractivity contribution in [2.45, 2.75) is 0 Å². The summed E-state index contributed by atoms with van der Waals surface area (Å²) in [6.07, 6.45) is 1.50. The first kappa shape index (κ1) is 8.50. The highest BCUT2D eigenvalue weighted by atomic mass is 16.4. The number of hydrogen-bond donors (Lipinski definition) is 2. The summed E-state index contributed by atoms with van der Waals surface area (Å²) in [4.78, 5) is 24.4. The van der Waals surface area contributed by atoms with Crippen LogP contribution in [0.4, 0.5) is 0 Å². The van der Waals surface area contributed by atoms with E-state index in [1.807, 2.05) is 0 Å². The summed E-state index contributed by atoms with van der Waals surface area (Å²) in [5.74, 6) is -1.21. The van der Waals surface area contributed by atoms with Crippen LogP contribution >= 0.6 is 0 Å². The van der Waals surface area contributed by atoms with Gasteiger partial charge in [-0.2, -0.15) is 0 Å². The smallest absolute Gasteiger partial charge is 0.341 e. The van der Waals surface area contributed by atoms with E-state index in [1.54, 1.807) is 24.3 Å². The Bertz CT molecular complexity index is 557. The molecule has 0 amide bonds. The second-order valence-electron chi connectivity index (χ2n) is 2.89. The molecule has 0 unspecified atom stereocenters. The normalized spacial score (nSPS) is 10.3. The SMILES string of the molecule is O=C(O)c1c(=O)[nH]cc2ccccc12. The number of rotatable bonds is 1. The third kappa shape index (κ3) is 1.17. The van der Waals surface area contributed by atoms with Gasteiger partial charge >= 0.3 is 5.97 Å². The molecule has 0 aliphatic carbocycles. The molecular weight excluding hydrogens is 182 g/mol. The number of aromatic carboxylic acids is 1. The van der Waals surface area contributed by atoms with E-state index < -0.39 is 11.5 Å². The van der Waals surface area contributed by atoms with Crippen LogP contribution in [0.25, 0.3) is 10.8 Å². The average molecular weight is 189 g/mol. The van der Waals surface area contributed by atoms with Crippen LogP contribution in [0, 0.1) is 0 Å². The number of carboxylic acid groups (broad SMARTS) is 1. The first-order valence-electron chi connectivity index (χ1n) is 4.04. The van der Waals surface area contributed by atoms with Crippen molar-refractivity contribution >= 4 is 16.7 Å². The minimum absolute atomic E-state index is 0.205. The van der Waals surface area contributed by atoms with Crippen LogP contribution in [0.5, 0.6) is 0 Å². The summed E-state index contributed by atoms with van der Waals surface area (Å²) in [5.41, 5.74) is -0.778. The average Bonchev–Trinajstić information content (AvgIpc) is 2.17. The van der Waals surface area contributed by atoms with Gasteiger partial charge in [0.2, 0.25) is 0 Å². The zero-order valence-corrected chi connectivity index (χ0v) is 7.15. The second-order valence-corrected chi connectivity index (χ2v) is 2.89. The molecule has 1 aromatic carbocycles. The zero-order chi connectivity index (χ0) is 10.1. The number of carbonyl (C=O) groups is 1. The molecule has 1 aromatic heterocycles. The van der Waals surface area contributed by atoms with E-state index in [1.165, 1.54) is 6.20 Å². The molecule has 0 spiro atoms. The predicted molar refractivity (Wildman–Crippen MR) is 51.5 cm³/mol. The summed E-state index contributed by atoms with van der Waals surface area (Å²) in [7, 11) is 0. The summed E-state index contributed by atoms with van der Waals surface area (Å²) in [6.45, 7) is 0. The predicted octanol–water partition coefficient (Wildman–Crippen LogP) is 1.23. The summed E-state index contributed by atoms with van der Waals surface area (Å²) < 4.78 is 0. The monoisotopic (exact) mass is 189 g/mol. The summed E-state index contributed by atoms with van der Waals surface area (Å²) in [6, 6.07) is 6.85. The number of carboxylic acids is 1. The lowest BCUT2D eigenvalue weighted by Gasteiger charge is -1.99. The van der Waals surface area contributed by atoms with Crippen LogP contribution in [0.1, 0.15) is 10.4 Å². The molecule has 14 heavy (non-hydrogen) atoms. The lowest BCUT2D eigenvalue weighted by molar-refractivity contribution is 0.0697. The molecule has 4 nitrogen and oxygen atoms in total. The van der Waals surface area contributed by atoms with Gasteiger partial charge in [-0.25, -0.2) is 4.79 Å². The first-order valence-corrected chi connectivity index (χ1v) is 4.04. The standard InChI is InChI=1S/C10H7NO3/c12-9-8(10(13)14)7-4-2-1-3-6(7)5-11-9/h1-5H,(H,11,12)(H,13,14). The van der Waals surface area contributed by atoms with Crippen molar-refractivity contribution in [2.75, 3.05) is 0 Å². The molecule has 0 atom stereocenters. The minimum atomic E-state index is -1.21. The highest BCUT2D eigenvalue weighted by Crippen LogP contribution is 2.13. The van der Waals surface area contributed by atoms with E-state index in [2.05, 4.69) is 4.98 Å². The van der Waals surface area contributed by atoms with Gasteiger partial charge in [0, 0.05) is 11.6 Å². The van der Waals surface area contributed by atoms with E-state index in [4.69, 9.17) is 5.11 Å². The number of pyridine rings is 1. The van der Waals surface area contributed by atoms with Gasteiger partial charge in [-0.15, -0.1) is 0 Å². The Morgan fingerprint density at radius 3 is 2.71 bits per heavy atom. The van der Waals surface area contributed by atoms with E-state index >= 15 is 0 Å². The largest absolute Gasteiger partial charge is 0.477 e. The van der Waals surface area contributed by atoms with Crippen LogP contribution in [0.3, 0.4) is 0 Å². The fraction of sp³-hybridized carbons (Fsp3) is 0. The maximum atomic E-state index is 11.2. The highest BCUT2D eigenvalue weighted by molar-refractivity contribution is 6.02. The van der Waals surface area contributed by atoms with Gasteiger partial charge in [-0.3, -0.25) is 4.79 Å². The number of nitrogens with one attached hydrogen (secondary N) is 1. The molecule has 70 valence electrons. The Kier molecular flexibility index (Phi) is 1.81. The van der Waals surface area contributed by atoms with Crippen molar-refractivity contribution in [3.8, 4) is 0 Å². The van der Waals surface area contributed by atoms with Crippen molar-refractivity contribution in [3.63, 3.8) is 0 Å². The lowest BCUT2D eigenvalue weighted by atomic mass is 10.1. The molecule has 4 heteroatoms. The summed E-state index contributed by atoms with van der Waals surface area (Å²) in [5, 5.41) is 10.0. The van der Waals surface area contributed by atoms with E-state index in [0.717, 1.165) is 0 Å². The number of benzene rings is 1. The van der Waals surface area contributed by atoms with Gasteiger partial charge in [0.1, 0.15) is 5.56 Å². The number of H-pyrrole nitrogens is 1. The molecule has 0 saturated carbocycles. The Hall–Kier alpha value is -2.10. The quantitative estimate of drug-likeness (QED) is 0.708. The van der Waals surface area contributed by atoms with Crippen LogP contribution in [-0.2, 0) is 0 Å². The molecule has 0 bridgehead atoms. The van der Waals surface area contributed by atoms with Gasteiger partial charge in [0.15, 0.2) is 0 Å². The third-order valence-corrected chi connectivity index (χ3v) is 2.03.